The van der Waals surface area contributed by atoms with Crippen LogP contribution in [0.5, 0.6) is 11.5 Å². The van der Waals surface area contributed by atoms with Gasteiger partial charge >= 0.3 is 0 Å². The van der Waals surface area contributed by atoms with Crippen molar-refractivity contribution >= 4 is 28.2 Å². The van der Waals surface area contributed by atoms with Gasteiger partial charge in [0.25, 0.3) is 11.8 Å². The highest BCUT2D eigenvalue weighted by atomic mass is 32.1. The smallest absolute Gasteiger partial charge is 0.269 e. The predicted molar refractivity (Wildman–Crippen MR) is 102 cm³/mol. The average molecular weight is 388 g/mol. The average Bonchev–Trinajstić information content (AvgIpc) is 3.04. The summed E-state index contributed by atoms with van der Waals surface area (Å²) in [5.41, 5.74) is 7.04. The Bertz CT molecular complexity index is 895. The lowest BCUT2D eigenvalue weighted by molar-refractivity contribution is -0.913. The van der Waals surface area contributed by atoms with Gasteiger partial charge in [-0.3, -0.25) is 9.59 Å². The number of nitrogens with two attached hydrogens (primary N) is 1. The van der Waals surface area contributed by atoms with Crippen LogP contribution >= 0.6 is 11.3 Å². The molecule has 0 fully saturated rings. The van der Waals surface area contributed by atoms with Gasteiger partial charge in [-0.15, -0.1) is 11.3 Å². The summed E-state index contributed by atoms with van der Waals surface area (Å²) >= 11 is 1.44. The van der Waals surface area contributed by atoms with Gasteiger partial charge in [0, 0.05) is 6.42 Å². The number of rotatable bonds is 4. The minimum absolute atomic E-state index is 0.119. The van der Waals surface area contributed by atoms with E-state index < -0.39 is 12.0 Å². The maximum absolute atomic E-state index is 12.7. The third-order valence-electron chi connectivity index (χ3n) is 5.01. The molecule has 0 radical (unpaired) electrons. The van der Waals surface area contributed by atoms with Gasteiger partial charge in [0.2, 0.25) is 6.10 Å². The number of carbonyl (C=O) groups is 2. The molecule has 7 nitrogen and oxygen atoms in total. The van der Waals surface area contributed by atoms with Crippen LogP contribution in [0.2, 0.25) is 0 Å². The summed E-state index contributed by atoms with van der Waals surface area (Å²) in [6, 6.07) is 7.22. The molecule has 0 saturated heterocycles. The van der Waals surface area contributed by atoms with E-state index in [0.717, 1.165) is 36.5 Å². The van der Waals surface area contributed by atoms with E-state index in [1.54, 1.807) is 12.1 Å². The van der Waals surface area contributed by atoms with Crippen molar-refractivity contribution in [2.45, 2.75) is 26.0 Å². The number of hydrogen-bond donors (Lipinski definition) is 3. The van der Waals surface area contributed by atoms with Crippen molar-refractivity contribution in [2.75, 3.05) is 25.0 Å². The van der Waals surface area contributed by atoms with Crippen LogP contribution < -0.4 is 25.4 Å². The summed E-state index contributed by atoms with van der Waals surface area (Å²) in [5, 5.41) is 3.36. The first-order valence-electron chi connectivity index (χ1n) is 9.04. The van der Waals surface area contributed by atoms with Crippen molar-refractivity contribution in [2.24, 2.45) is 5.73 Å². The molecule has 2 atom stereocenters. The van der Waals surface area contributed by atoms with E-state index in [2.05, 4.69) is 12.2 Å². The first kappa shape index (κ1) is 17.8. The Balaban J connectivity index is 1.55. The molecule has 1 unspecified atom stereocenters. The predicted octanol–water partition coefficient (Wildman–Crippen LogP) is 0.586. The molecule has 3 heterocycles. The van der Waals surface area contributed by atoms with E-state index in [4.69, 9.17) is 15.2 Å². The highest BCUT2D eigenvalue weighted by Gasteiger charge is 2.32. The molecule has 2 aliphatic heterocycles. The fourth-order valence-electron chi connectivity index (χ4n) is 3.53. The van der Waals surface area contributed by atoms with Crippen LogP contribution in [0.25, 0.3) is 0 Å². The van der Waals surface area contributed by atoms with Crippen LogP contribution in [0.1, 0.15) is 27.7 Å². The minimum atomic E-state index is -0.780. The van der Waals surface area contributed by atoms with Gasteiger partial charge in [-0.05, 0) is 24.6 Å². The van der Waals surface area contributed by atoms with Crippen molar-refractivity contribution in [3.63, 3.8) is 0 Å². The van der Waals surface area contributed by atoms with Gasteiger partial charge in [0.15, 0.2) is 11.5 Å². The lowest BCUT2D eigenvalue weighted by Gasteiger charge is -2.25. The first-order valence-corrected chi connectivity index (χ1v) is 9.85. The number of nitrogens with one attached hydrogen (secondary N) is 2. The van der Waals surface area contributed by atoms with Crippen LogP contribution in [0.15, 0.2) is 24.3 Å². The van der Waals surface area contributed by atoms with E-state index in [9.17, 15) is 9.59 Å². The number of thiophene rings is 1. The molecule has 8 heteroatoms. The van der Waals surface area contributed by atoms with Crippen LogP contribution in [-0.2, 0) is 17.8 Å². The summed E-state index contributed by atoms with van der Waals surface area (Å²) < 4.78 is 11.4. The number of ether oxygens (including phenoxy) is 2. The summed E-state index contributed by atoms with van der Waals surface area (Å²) in [5.74, 6) is 0.305. The zero-order valence-electron chi connectivity index (χ0n) is 15.0. The molecule has 1 aromatic carbocycles. The Hall–Kier alpha value is -2.58. The molecule has 1 aromatic heterocycles. The molecular formula is C19H22N3O4S+. The molecule has 2 amide bonds. The lowest BCUT2D eigenvalue weighted by atomic mass is 10.0. The van der Waals surface area contributed by atoms with Crippen molar-refractivity contribution < 1.29 is 24.0 Å². The van der Waals surface area contributed by atoms with E-state index in [0.29, 0.717) is 22.1 Å². The minimum Gasteiger partial charge on any atom is -0.485 e. The fraction of sp³-hybridized carbons (Fsp3) is 0.368. The van der Waals surface area contributed by atoms with Crippen LogP contribution in [-0.4, -0.2) is 37.6 Å². The first-order chi connectivity index (χ1) is 13.1. The van der Waals surface area contributed by atoms with Gasteiger partial charge in [-0.1, -0.05) is 12.1 Å². The van der Waals surface area contributed by atoms with Gasteiger partial charge in [0.05, 0.1) is 23.5 Å². The number of quaternary nitrogens is 1. The number of benzene rings is 1. The number of amides is 2. The van der Waals surface area contributed by atoms with E-state index in [1.165, 1.54) is 16.2 Å². The van der Waals surface area contributed by atoms with Crippen LogP contribution in [0.3, 0.4) is 0 Å². The summed E-state index contributed by atoms with van der Waals surface area (Å²) in [4.78, 5) is 27.3. The second-order valence-corrected chi connectivity index (χ2v) is 7.81. The fourth-order valence-corrected chi connectivity index (χ4v) is 4.86. The number of primary amides is 1. The van der Waals surface area contributed by atoms with Crippen molar-refractivity contribution in [1.82, 2.24) is 0 Å². The molecule has 27 heavy (non-hydrogen) atoms. The number of fused-ring (bicyclic) bond motifs is 2. The molecular weight excluding hydrogens is 366 g/mol. The van der Waals surface area contributed by atoms with Gasteiger partial charge in [-0.25, -0.2) is 0 Å². The number of carbonyl (C=O) groups excluding carboxylic acids is 2. The number of para-hydroxylation sites is 2. The van der Waals surface area contributed by atoms with Crippen LogP contribution in [0, 0.1) is 0 Å². The zero-order valence-corrected chi connectivity index (χ0v) is 15.9. The third kappa shape index (κ3) is 3.38. The highest BCUT2D eigenvalue weighted by Crippen LogP contribution is 2.35. The number of hydrogen-bond acceptors (Lipinski definition) is 5. The Kier molecular flexibility index (Phi) is 4.75. The van der Waals surface area contributed by atoms with E-state index in [-0.39, 0.29) is 12.5 Å². The molecule has 0 aliphatic carbocycles. The Morgan fingerprint density at radius 1 is 1.33 bits per heavy atom. The molecule has 0 spiro atoms. The molecule has 4 rings (SSSR count). The van der Waals surface area contributed by atoms with Crippen molar-refractivity contribution in [3.8, 4) is 11.5 Å². The van der Waals surface area contributed by atoms with E-state index >= 15 is 0 Å². The molecule has 0 saturated carbocycles. The Morgan fingerprint density at radius 3 is 2.85 bits per heavy atom. The lowest BCUT2D eigenvalue weighted by Crippen LogP contribution is -3.11. The quantitative estimate of drug-likeness (QED) is 0.714. The third-order valence-corrected chi connectivity index (χ3v) is 6.16. The zero-order chi connectivity index (χ0) is 19.0. The maximum Gasteiger partial charge on any atom is 0.269 e. The molecule has 2 aromatic rings. The largest absolute Gasteiger partial charge is 0.485 e. The summed E-state index contributed by atoms with van der Waals surface area (Å²) in [6.45, 7) is 5.10. The summed E-state index contributed by atoms with van der Waals surface area (Å²) in [7, 11) is 0. The van der Waals surface area contributed by atoms with Gasteiger partial charge < -0.3 is 25.4 Å². The number of anilines is 1. The summed E-state index contributed by atoms with van der Waals surface area (Å²) in [6.07, 6.45) is 0.0112. The molecule has 142 valence electrons. The Morgan fingerprint density at radius 2 is 2.11 bits per heavy atom. The van der Waals surface area contributed by atoms with Crippen LogP contribution in [0.4, 0.5) is 5.00 Å². The standard InChI is InChI=1S/C19H21N3O4S/c1-2-22-8-7-11-15(9-22)27-19(16(11)17(20)23)21-18(24)14-10-25-12-5-3-4-6-13(12)26-14/h3-6,14H,2,7-10H2,1H3,(H2,20,23)(H,21,24)/p+1/t14-/m1/s1. The second-order valence-electron chi connectivity index (χ2n) is 6.71. The SMILES string of the molecule is CC[NH+]1CCc2c(sc(NC(=O)[C@H]3COc4ccccc4O3)c2C(N)=O)C1. The van der Waals surface area contributed by atoms with E-state index in [1.807, 2.05) is 12.1 Å². The van der Waals surface area contributed by atoms with Crippen molar-refractivity contribution in [3.05, 3.63) is 40.3 Å². The Labute approximate surface area is 161 Å². The second kappa shape index (κ2) is 7.21. The van der Waals surface area contributed by atoms with Gasteiger partial charge in [-0.2, -0.15) is 0 Å². The normalized spacial score (nSPS) is 20.6. The highest BCUT2D eigenvalue weighted by molar-refractivity contribution is 7.17. The van der Waals surface area contributed by atoms with Gasteiger partial charge in [0.1, 0.15) is 18.2 Å². The maximum atomic E-state index is 12.7. The topological polar surface area (TPSA) is 95.1 Å². The molecule has 4 N–H and O–H groups in total. The monoisotopic (exact) mass is 388 g/mol. The molecule has 0 bridgehead atoms. The van der Waals surface area contributed by atoms with Crippen molar-refractivity contribution in [1.29, 1.82) is 0 Å². The molecule has 2 aliphatic rings. The number of likely N-dealkylation sites (N-methyl/N-ethyl adjacent to an activating group) is 1.